The van der Waals surface area contributed by atoms with E-state index >= 15 is 0 Å². The number of amides is 1. The second-order valence-corrected chi connectivity index (χ2v) is 7.41. The van der Waals surface area contributed by atoms with Crippen molar-refractivity contribution in [2.75, 3.05) is 36.5 Å². The summed E-state index contributed by atoms with van der Waals surface area (Å²) in [5, 5.41) is 2.99. The standard InChI is InChI=1S/C12H22N4O3S2/c1-4-6-16(8-9(17)14-3)12-10(11(13)15-20-12)21(18,19)7-5-2/h4-8H2,1-3H3,(H2,13,15)(H,14,17). The molecule has 7 nitrogen and oxygen atoms in total. The average Bonchev–Trinajstić information content (AvgIpc) is 2.80. The third-order valence-corrected chi connectivity index (χ3v) is 5.86. The molecule has 21 heavy (non-hydrogen) atoms. The molecule has 1 amide bonds. The molecule has 1 rings (SSSR count). The number of hydrogen-bond donors (Lipinski definition) is 2. The van der Waals surface area contributed by atoms with Gasteiger partial charge in [-0.3, -0.25) is 4.79 Å². The topological polar surface area (TPSA) is 105 Å². The van der Waals surface area contributed by atoms with E-state index in [0.29, 0.717) is 18.0 Å². The fraction of sp³-hybridized carbons (Fsp3) is 0.667. The highest BCUT2D eigenvalue weighted by molar-refractivity contribution is 7.91. The van der Waals surface area contributed by atoms with Crippen LogP contribution in [0.1, 0.15) is 26.7 Å². The van der Waals surface area contributed by atoms with Crippen LogP contribution in [0.3, 0.4) is 0 Å². The molecule has 0 spiro atoms. The Labute approximate surface area is 129 Å². The maximum Gasteiger partial charge on any atom is 0.239 e. The van der Waals surface area contributed by atoms with Crippen molar-refractivity contribution >= 4 is 38.1 Å². The summed E-state index contributed by atoms with van der Waals surface area (Å²) < 4.78 is 28.7. The monoisotopic (exact) mass is 334 g/mol. The average molecular weight is 334 g/mol. The molecule has 0 saturated heterocycles. The number of nitrogens with zero attached hydrogens (tertiary/aromatic N) is 2. The summed E-state index contributed by atoms with van der Waals surface area (Å²) >= 11 is 1.02. The molecule has 1 heterocycles. The zero-order chi connectivity index (χ0) is 16.0. The molecule has 0 saturated carbocycles. The summed E-state index contributed by atoms with van der Waals surface area (Å²) in [4.78, 5) is 13.4. The first-order valence-corrected chi connectivity index (χ1v) is 9.23. The lowest BCUT2D eigenvalue weighted by Gasteiger charge is -2.22. The van der Waals surface area contributed by atoms with Crippen molar-refractivity contribution in [3.63, 3.8) is 0 Å². The molecule has 0 atom stereocenters. The highest BCUT2D eigenvalue weighted by atomic mass is 32.2. The fourth-order valence-electron chi connectivity index (χ4n) is 1.92. The molecule has 120 valence electrons. The number of likely N-dealkylation sites (N-methyl/N-ethyl adjacent to an activating group) is 1. The van der Waals surface area contributed by atoms with Gasteiger partial charge in [-0.2, -0.15) is 4.37 Å². The summed E-state index contributed by atoms with van der Waals surface area (Å²) in [6, 6.07) is 0. The molecular formula is C12H22N4O3S2. The Bertz CT molecular complexity index is 583. The fourth-order valence-corrected chi connectivity index (χ4v) is 4.71. The van der Waals surface area contributed by atoms with E-state index in [9.17, 15) is 13.2 Å². The quantitative estimate of drug-likeness (QED) is 0.731. The van der Waals surface area contributed by atoms with Crippen LogP contribution < -0.4 is 16.0 Å². The Morgan fingerprint density at radius 2 is 2.05 bits per heavy atom. The smallest absolute Gasteiger partial charge is 0.239 e. The van der Waals surface area contributed by atoms with Crippen molar-refractivity contribution < 1.29 is 13.2 Å². The van der Waals surface area contributed by atoms with Gasteiger partial charge in [-0.1, -0.05) is 13.8 Å². The summed E-state index contributed by atoms with van der Waals surface area (Å²) in [5.41, 5.74) is 5.75. The highest BCUT2D eigenvalue weighted by Gasteiger charge is 2.28. The molecular weight excluding hydrogens is 312 g/mol. The number of hydrogen-bond acceptors (Lipinski definition) is 7. The van der Waals surface area contributed by atoms with Gasteiger partial charge in [0.15, 0.2) is 15.7 Å². The number of carbonyl (C=O) groups is 1. The van der Waals surface area contributed by atoms with Crippen LogP contribution in [-0.2, 0) is 14.6 Å². The molecule has 0 bridgehead atoms. The lowest BCUT2D eigenvalue weighted by atomic mass is 10.4. The van der Waals surface area contributed by atoms with Gasteiger partial charge in [-0.25, -0.2) is 8.42 Å². The van der Waals surface area contributed by atoms with E-state index in [2.05, 4.69) is 9.69 Å². The minimum atomic E-state index is -3.48. The zero-order valence-electron chi connectivity index (χ0n) is 12.5. The number of nitrogens with two attached hydrogens (primary N) is 1. The maximum atomic E-state index is 12.4. The molecule has 1 aromatic rings. The molecule has 0 fully saturated rings. The van der Waals surface area contributed by atoms with Crippen molar-refractivity contribution in [2.45, 2.75) is 31.6 Å². The number of rotatable bonds is 8. The summed E-state index contributed by atoms with van der Waals surface area (Å²) in [6.07, 6.45) is 1.28. The summed E-state index contributed by atoms with van der Waals surface area (Å²) in [7, 11) is -1.94. The summed E-state index contributed by atoms with van der Waals surface area (Å²) in [6.45, 7) is 4.40. The molecule has 0 unspecified atom stereocenters. The first-order valence-electron chi connectivity index (χ1n) is 6.80. The van der Waals surface area contributed by atoms with Gasteiger partial charge < -0.3 is 16.0 Å². The van der Waals surface area contributed by atoms with E-state index in [1.54, 1.807) is 18.9 Å². The van der Waals surface area contributed by atoms with Crippen LogP contribution in [0.5, 0.6) is 0 Å². The molecule has 0 aliphatic heterocycles. The van der Waals surface area contributed by atoms with E-state index in [4.69, 9.17) is 5.73 Å². The lowest BCUT2D eigenvalue weighted by molar-refractivity contribution is -0.119. The van der Waals surface area contributed by atoms with Crippen LogP contribution in [0.4, 0.5) is 10.8 Å². The number of anilines is 2. The predicted octanol–water partition coefficient (Wildman–Crippen LogP) is 0.871. The molecule has 1 aromatic heterocycles. The molecule has 0 aliphatic rings. The predicted molar refractivity (Wildman–Crippen MR) is 85.4 cm³/mol. The van der Waals surface area contributed by atoms with E-state index < -0.39 is 9.84 Å². The van der Waals surface area contributed by atoms with E-state index in [0.717, 1.165) is 18.0 Å². The van der Waals surface area contributed by atoms with Gasteiger partial charge in [0, 0.05) is 13.6 Å². The third-order valence-electron chi connectivity index (χ3n) is 2.84. The number of nitrogens with one attached hydrogen (secondary N) is 1. The summed E-state index contributed by atoms with van der Waals surface area (Å²) in [5.74, 6) is -0.154. The van der Waals surface area contributed by atoms with Crippen LogP contribution in [-0.4, -0.2) is 44.6 Å². The highest BCUT2D eigenvalue weighted by Crippen LogP contribution is 2.35. The maximum absolute atomic E-state index is 12.4. The van der Waals surface area contributed by atoms with Gasteiger partial charge in [-0.15, -0.1) is 0 Å². The molecule has 0 aromatic carbocycles. The van der Waals surface area contributed by atoms with Crippen LogP contribution in [0.2, 0.25) is 0 Å². The van der Waals surface area contributed by atoms with Crippen LogP contribution >= 0.6 is 11.5 Å². The van der Waals surface area contributed by atoms with Crippen molar-refractivity contribution in [3.8, 4) is 0 Å². The van der Waals surface area contributed by atoms with Gasteiger partial charge in [-0.05, 0) is 24.4 Å². The zero-order valence-corrected chi connectivity index (χ0v) is 14.2. The first kappa shape index (κ1) is 17.7. The minimum absolute atomic E-state index is 0.0152. The van der Waals surface area contributed by atoms with Crippen molar-refractivity contribution in [2.24, 2.45) is 0 Å². The van der Waals surface area contributed by atoms with Gasteiger partial charge in [0.2, 0.25) is 5.91 Å². The van der Waals surface area contributed by atoms with Gasteiger partial charge in [0.05, 0.1) is 12.3 Å². The molecule has 0 radical (unpaired) electrons. The van der Waals surface area contributed by atoms with Gasteiger partial charge >= 0.3 is 0 Å². The molecule has 0 aliphatic carbocycles. The SMILES string of the molecule is CCCN(CC(=O)NC)c1snc(N)c1S(=O)(=O)CCC. The Kier molecular flexibility index (Phi) is 6.41. The van der Waals surface area contributed by atoms with E-state index in [1.165, 1.54) is 0 Å². The van der Waals surface area contributed by atoms with E-state index in [-0.39, 0.29) is 28.9 Å². The van der Waals surface area contributed by atoms with Crippen molar-refractivity contribution in [1.82, 2.24) is 9.69 Å². The van der Waals surface area contributed by atoms with Crippen LogP contribution in [0, 0.1) is 0 Å². The molecule has 9 heteroatoms. The number of aromatic nitrogens is 1. The van der Waals surface area contributed by atoms with Crippen molar-refractivity contribution in [1.29, 1.82) is 0 Å². The number of sulfone groups is 1. The van der Waals surface area contributed by atoms with Gasteiger partial charge in [0.1, 0.15) is 9.90 Å². The lowest BCUT2D eigenvalue weighted by Crippen LogP contribution is -2.36. The van der Waals surface area contributed by atoms with E-state index in [1.807, 2.05) is 6.92 Å². The van der Waals surface area contributed by atoms with Crippen LogP contribution in [0.25, 0.3) is 0 Å². The van der Waals surface area contributed by atoms with Crippen LogP contribution in [0.15, 0.2) is 4.90 Å². The second kappa shape index (κ2) is 7.60. The Morgan fingerprint density at radius 1 is 1.38 bits per heavy atom. The number of carbonyl (C=O) groups excluding carboxylic acids is 1. The first-order chi connectivity index (χ1) is 9.87. The van der Waals surface area contributed by atoms with Gasteiger partial charge in [0.25, 0.3) is 0 Å². The third kappa shape index (κ3) is 4.31. The normalized spacial score (nSPS) is 11.4. The Balaban J connectivity index is 3.24. The van der Waals surface area contributed by atoms with Crippen molar-refractivity contribution in [3.05, 3.63) is 0 Å². The Hall–Kier alpha value is -1.35. The Morgan fingerprint density at radius 3 is 2.57 bits per heavy atom. The molecule has 3 N–H and O–H groups in total. The number of nitrogen functional groups attached to an aromatic ring is 1. The minimum Gasteiger partial charge on any atom is -0.382 e. The second-order valence-electron chi connectivity index (χ2n) is 4.62. The largest absolute Gasteiger partial charge is 0.382 e.